The topological polar surface area (TPSA) is 80.1 Å². The third-order valence-electron chi connectivity index (χ3n) is 4.33. The van der Waals surface area contributed by atoms with Crippen LogP contribution in [0.5, 0.6) is 0 Å². The third-order valence-corrected chi connectivity index (χ3v) is 4.33. The molecule has 1 fully saturated rings. The van der Waals surface area contributed by atoms with Gasteiger partial charge in [0.25, 0.3) is 0 Å². The molecule has 0 unspecified atom stereocenters. The van der Waals surface area contributed by atoms with Crippen molar-refractivity contribution in [3.8, 4) is 12.1 Å². The summed E-state index contributed by atoms with van der Waals surface area (Å²) < 4.78 is 0. The van der Waals surface area contributed by atoms with Crippen LogP contribution < -0.4 is 5.73 Å². The van der Waals surface area contributed by atoms with Crippen molar-refractivity contribution in [2.45, 2.75) is 6.54 Å². The molecule has 1 aliphatic rings. The molecule has 0 aromatic heterocycles. The van der Waals surface area contributed by atoms with Crippen molar-refractivity contribution in [2.75, 3.05) is 26.2 Å². The number of hydrogen-bond acceptors (Lipinski definition) is 5. The second-order valence-electron chi connectivity index (χ2n) is 5.76. The molecule has 0 saturated carbocycles. The fourth-order valence-electron chi connectivity index (χ4n) is 3.26. The predicted molar refractivity (Wildman–Crippen MR) is 93.2 cm³/mol. The average Bonchev–Trinajstić information content (AvgIpc) is 3.00. The van der Waals surface area contributed by atoms with Crippen LogP contribution in [0.25, 0.3) is 10.8 Å². The SMILES string of the molecule is N#CC(C#N)=C1N(CCN)CCN1Cc1cccc2ccccc12. The van der Waals surface area contributed by atoms with Crippen LogP contribution >= 0.6 is 0 Å². The summed E-state index contributed by atoms with van der Waals surface area (Å²) >= 11 is 0. The zero-order chi connectivity index (χ0) is 16.9. The highest BCUT2D eigenvalue weighted by Gasteiger charge is 2.28. The molecule has 5 heteroatoms. The van der Waals surface area contributed by atoms with Crippen molar-refractivity contribution in [1.82, 2.24) is 9.80 Å². The summed E-state index contributed by atoms with van der Waals surface area (Å²) in [7, 11) is 0. The van der Waals surface area contributed by atoms with Gasteiger partial charge in [-0.25, -0.2) is 0 Å². The first kappa shape index (κ1) is 15.9. The fraction of sp³-hybridized carbons (Fsp3) is 0.263. The molecule has 0 spiro atoms. The lowest BCUT2D eigenvalue weighted by Crippen LogP contribution is -2.29. The van der Waals surface area contributed by atoms with Gasteiger partial charge in [0.2, 0.25) is 0 Å². The quantitative estimate of drug-likeness (QED) is 0.874. The highest BCUT2D eigenvalue weighted by Crippen LogP contribution is 2.26. The molecule has 1 heterocycles. The Labute approximate surface area is 141 Å². The summed E-state index contributed by atoms with van der Waals surface area (Å²) in [6.07, 6.45) is 0. The molecule has 0 aliphatic carbocycles. The van der Waals surface area contributed by atoms with Gasteiger partial charge in [-0.2, -0.15) is 10.5 Å². The minimum Gasteiger partial charge on any atom is -0.354 e. The van der Waals surface area contributed by atoms with E-state index in [1.165, 1.54) is 16.3 Å². The Kier molecular flexibility index (Phi) is 4.65. The lowest BCUT2D eigenvalue weighted by Gasteiger charge is -2.25. The highest BCUT2D eigenvalue weighted by molar-refractivity contribution is 5.85. The number of nitriles is 2. The number of rotatable bonds is 4. The molecule has 120 valence electrons. The minimum absolute atomic E-state index is 0.154. The van der Waals surface area contributed by atoms with E-state index in [1.807, 2.05) is 35.2 Å². The maximum absolute atomic E-state index is 9.31. The van der Waals surface area contributed by atoms with Gasteiger partial charge >= 0.3 is 0 Å². The molecule has 2 aromatic carbocycles. The van der Waals surface area contributed by atoms with Gasteiger partial charge in [-0.1, -0.05) is 42.5 Å². The summed E-state index contributed by atoms with van der Waals surface area (Å²) in [6, 6.07) is 18.6. The van der Waals surface area contributed by atoms with Gasteiger partial charge in [-0.05, 0) is 16.3 Å². The molecule has 1 aliphatic heterocycles. The van der Waals surface area contributed by atoms with Gasteiger partial charge in [-0.15, -0.1) is 0 Å². The molecule has 24 heavy (non-hydrogen) atoms. The molecule has 5 nitrogen and oxygen atoms in total. The Hall–Kier alpha value is -3.02. The zero-order valence-corrected chi connectivity index (χ0v) is 13.4. The molecule has 0 radical (unpaired) electrons. The minimum atomic E-state index is 0.154. The molecule has 0 bridgehead atoms. The van der Waals surface area contributed by atoms with Crippen molar-refractivity contribution < 1.29 is 0 Å². The summed E-state index contributed by atoms with van der Waals surface area (Å²) in [4.78, 5) is 4.14. The number of nitrogens with two attached hydrogens (primary N) is 1. The van der Waals surface area contributed by atoms with Crippen LogP contribution in [0, 0.1) is 22.7 Å². The average molecular weight is 317 g/mol. The molecule has 1 saturated heterocycles. The van der Waals surface area contributed by atoms with Gasteiger partial charge in [-0.3, -0.25) is 0 Å². The second-order valence-corrected chi connectivity index (χ2v) is 5.76. The van der Waals surface area contributed by atoms with Crippen LogP contribution in [0.3, 0.4) is 0 Å². The molecule has 0 atom stereocenters. The van der Waals surface area contributed by atoms with Gasteiger partial charge in [0, 0.05) is 32.7 Å². The molecule has 0 amide bonds. The Morgan fingerprint density at radius 3 is 2.46 bits per heavy atom. The normalized spacial score (nSPS) is 13.9. The Balaban J connectivity index is 1.98. The van der Waals surface area contributed by atoms with E-state index < -0.39 is 0 Å². The van der Waals surface area contributed by atoms with E-state index in [0.29, 0.717) is 25.5 Å². The summed E-state index contributed by atoms with van der Waals surface area (Å²) in [5, 5.41) is 21.0. The van der Waals surface area contributed by atoms with Crippen molar-refractivity contribution in [2.24, 2.45) is 5.73 Å². The first-order valence-electron chi connectivity index (χ1n) is 7.99. The van der Waals surface area contributed by atoms with Crippen LogP contribution in [0.1, 0.15) is 5.56 Å². The Morgan fingerprint density at radius 1 is 1.00 bits per heavy atom. The molecule has 2 aromatic rings. The fourth-order valence-corrected chi connectivity index (χ4v) is 3.26. The maximum Gasteiger partial charge on any atom is 0.169 e. The van der Waals surface area contributed by atoms with Gasteiger partial charge in [0.05, 0.1) is 0 Å². The smallest absolute Gasteiger partial charge is 0.169 e. The number of fused-ring (bicyclic) bond motifs is 1. The van der Waals surface area contributed by atoms with E-state index in [1.54, 1.807) is 0 Å². The monoisotopic (exact) mass is 317 g/mol. The first-order valence-corrected chi connectivity index (χ1v) is 7.99. The largest absolute Gasteiger partial charge is 0.354 e. The Bertz CT molecular complexity index is 835. The van der Waals surface area contributed by atoms with Crippen molar-refractivity contribution >= 4 is 10.8 Å². The zero-order valence-electron chi connectivity index (χ0n) is 13.4. The van der Waals surface area contributed by atoms with Crippen LogP contribution in [0.2, 0.25) is 0 Å². The number of allylic oxidation sites excluding steroid dienone is 1. The molecule has 2 N–H and O–H groups in total. The molecular formula is C19H19N5. The third kappa shape index (κ3) is 2.90. The predicted octanol–water partition coefficient (Wildman–Crippen LogP) is 2.17. The van der Waals surface area contributed by atoms with Crippen molar-refractivity contribution in [3.63, 3.8) is 0 Å². The first-order chi connectivity index (χ1) is 11.8. The standard InChI is InChI=1S/C19H19N5/c20-8-9-23-10-11-24(19(23)17(12-21)13-22)14-16-6-3-5-15-4-1-2-7-18(15)16/h1-7H,8-11,14,20H2. The maximum atomic E-state index is 9.31. The van der Waals surface area contributed by atoms with E-state index in [4.69, 9.17) is 5.73 Å². The van der Waals surface area contributed by atoms with E-state index in [0.717, 1.165) is 13.1 Å². The van der Waals surface area contributed by atoms with Crippen molar-refractivity contribution in [3.05, 3.63) is 59.4 Å². The lowest BCUT2D eigenvalue weighted by molar-refractivity contribution is 0.334. The van der Waals surface area contributed by atoms with E-state index in [-0.39, 0.29) is 5.57 Å². The van der Waals surface area contributed by atoms with E-state index in [2.05, 4.69) is 29.2 Å². The Morgan fingerprint density at radius 2 is 1.71 bits per heavy atom. The van der Waals surface area contributed by atoms with Gasteiger partial charge in [0.15, 0.2) is 5.57 Å². The van der Waals surface area contributed by atoms with Crippen LogP contribution in [0.4, 0.5) is 0 Å². The van der Waals surface area contributed by atoms with E-state index >= 15 is 0 Å². The van der Waals surface area contributed by atoms with Crippen LogP contribution in [-0.2, 0) is 6.54 Å². The summed E-state index contributed by atoms with van der Waals surface area (Å²) in [5.74, 6) is 0.707. The number of benzene rings is 2. The molecule has 3 rings (SSSR count). The molecular weight excluding hydrogens is 298 g/mol. The van der Waals surface area contributed by atoms with Gasteiger partial charge < -0.3 is 15.5 Å². The van der Waals surface area contributed by atoms with Crippen LogP contribution in [-0.4, -0.2) is 36.0 Å². The summed E-state index contributed by atoms with van der Waals surface area (Å²) in [5.41, 5.74) is 7.02. The lowest BCUT2D eigenvalue weighted by atomic mass is 10.0. The summed E-state index contributed by atoms with van der Waals surface area (Å²) in [6.45, 7) is 3.38. The van der Waals surface area contributed by atoms with E-state index in [9.17, 15) is 10.5 Å². The number of nitrogens with zero attached hydrogens (tertiary/aromatic N) is 4. The van der Waals surface area contributed by atoms with Crippen LogP contribution in [0.15, 0.2) is 53.9 Å². The highest BCUT2D eigenvalue weighted by atomic mass is 15.4. The van der Waals surface area contributed by atoms with Crippen molar-refractivity contribution in [1.29, 1.82) is 10.5 Å². The number of hydrogen-bond donors (Lipinski definition) is 1. The second kappa shape index (κ2) is 7.04. The van der Waals surface area contributed by atoms with Gasteiger partial charge in [0.1, 0.15) is 18.0 Å².